The summed E-state index contributed by atoms with van der Waals surface area (Å²) in [5.41, 5.74) is -0.218. The third-order valence-corrected chi connectivity index (χ3v) is 0.384. The van der Waals surface area contributed by atoms with Crippen molar-refractivity contribution >= 4 is 5.87 Å². The highest BCUT2D eigenvalue weighted by Gasteiger charge is 2.08. The third kappa shape index (κ3) is 5.25. The van der Waals surface area contributed by atoms with Crippen molar-refractivity contribution < 1.29 is 4.84 Å². The lowest BCUT2D eigenvalue weighted by molar-refractivity contribution is 0.00240. The predicted octanol–water partition coefficient (Wildman–Crippen LogP) is 1.57. The Kier molecular flexibility index (Phi) is 2.29. The van der Waals surface area contributed by atoms with Crippen LogP contribution in [0.25, 0.3) is 0 Å². The van der Waals surface area contributed by atoms with Gasteiger partial charge >= 0.3 is 0 Å². The maximum atomic E-state index is 4.83. The summed E-state index contributed by atoms with van der Waals surface area (Å²) in [6.45, 7) is 8.98. The van der Waals surface area contributed by atoms with Gasteiger partial charge in [0.15, 0.2) is 0 Å². The minimum absolute atomic E-state index is 0.218. The molecular formula is C6H11NO. The Balaban J connectivity index is 3.55. The van der Waals surface area contributed by atoms with Gasteiger partial charge in [-0.25, -0.2) is 0 Å². The fraction of sp³-hybridized carbons (Fsp3) is 0.667. The molecule has 0 unspecified atom stereocenters. The van der Waals surface area contributed by atoms with E-state index in [1.165, 1.54) is 0 Å². The van der Waals surface area contributed by atoms with Crippen LogP contribution in [0.3, 0.4) is 0 Å². The molecule has 0 aromatic carbocycles. The Morgan fingerprint density at radius 3 is 2.12 bits per heavy atom. The summed E-state index contributed by atoms with van der Waals surface area (Å²) < 4.78 is 0. The van der Waals surface area contributed by atoms with Crippen LogP contribution in [-0.2, 0) is 4.84 Å². The molecule has 2 nitrogen and oxygen atoms in total. The van der Waals surface area contributed by atoms with Gasteiger partial charge in [0.25, 0.3) is 0 Å². The van der Waals surface area contributed by atoms with Gasteiger partial charge in [0.1, 0.15) is 5.60 Å². The number of hydrogen-bond donors (Lipinski definition) is 0. The number of hydrogen-bond acceptors (Lipinski definition) is 2. The second-order valence-electron chi connectivity index (χ2n) is 2.45. The molecule has 0 aliphatic heterocycles. The molecule has 0 heterocycles. The first-order chi connectivity index (χ1) is 3.56. The Hall–Kier alpha value is -0.750. The molecule has 0 aliphatic rings. The molecule has 0 atom stereocenters. The summed E-state index contributed by atoms with van der Waals surface area (Å²) in [5, 5.41) is 3.38. The summed E-state index contributed by atoms with van der Waals surface area (Å²) in [5.74, 6) is 2.28. The normalized spacial score (nSPS) is 9.88. The van der Waals surface area contributed by atoms with Crippen LogP contribution in [0.1, 0.15) is 20.8 Å². The zero-order chi connectivity index (χ0) is 6.62. The van der Waals surface area contributed by atoms with Crippen LogP contribution in [0, 0.1) is 0 Å². The fourth-order valence-electron chi connectivity index (χ4n) is 0.169. The average Bonchev–Trinajstić information content (AvgIpc) is 1.59. The third-order valence-electron chi connectivity index (χ3n) is 0.384. The molecule has 0 N–H and O–H groups in total. The first-order valence-corrected chi connectivity index (χ1v) is 2.46. The lowest BCUT2D eigenvalue weighted by atomic mass is 10.2. The summed E-state index contributed by atoms with van der Waals surface area (Å²) in [4.78, 5) is 4.83. The zero-order valence-corrected chi connectivity index (χ0v) is 5.56. The topological polar surface area (TPSA) is 21.6 Å². The van der Waals surface area contributed by atoms with Gasteiger partial charge in [-0.1, -0.05) is 0 Å². The van der Waals surface area contributed by atoms with Crippen LogP contribution in [0.5, 0.6) is 0 Å². The van der Waals surface area contributed by atoms with E-state index < -0.39 is 0 Å². The van der Waals surface area contributed by atoms with Gasteiger partial charge in [-0.15, -0.1) is 0 Å². The molecule has 8 heavy (non-hydrogen) atoms. The first-order valence-electron chi connectivity index (χ1n) is 2.46. The largest absolute Gasteiger partial charge is 0.383 e. The van der Waals surface area contributed by atoms with Gasteiger partial charge in [0.05, 0.1) is 0 Å². The molecule has 0 radical (unpaired) electrons. The monoisotopic (exact) mass is 113 g/mol. The smallest absolute Gasteiger partial charge is 0.130 e. The highest BCUT2D eigenvalue weighted by Crippen LogP contribution is 2.05. The molecule has 2 heteroatoms. The van der Waals surface area contributed by atoms with Crippen molar-refractivity contribution in [3.05, 3.63) is 6.58 Å². The molecule has 0 amide bonds. The van der Waals surface area contributed by atoms with Crippen molar-refractivity contribution in [2.75, 3.05) is 0 Å². The molecule has 0 aromatic rings. The maximum absolute atomic E-state index is 4.83. The second kappa shape index (κ2) is 2.53. The summed E-state index contributed by atoms with van der Waals surface area (Å²) in [6, 6.07) is 0. The minimum Gasteiger partial charge on any atom is -0.383 e. The Morgan fingerprint density at radius 2 is 2.00 bits per heavy atom. The maximum Gasteiger partial charge on any atom is 0.130 e. The van der Waals surface area contributed by atoms with Crippen molar-refractivity contribution in [1.82, 2.24) is 0 Å². The molecule has 0 saturated heterocycles. The molecule has 0 rings (SSSR count). The van der Waals surface area contributed by atoms with Crippen LogP contribution < -0.4 is 0 Å². The van der Waals surface area contributed by atoms with Crippen LogP contribution in [0.15, 0.2) is 11.7 Å². The molecule has 0 spiro atoms. The van der Waals surface area contributed by atoms with Crippen molar-refractivity contribution in [1.29, 1.82) is 0 Å². The van der Waals surface area contributed by atoms with E-state index >= 15 is 0 Å². The van der Waals surface area contributed by atoms with Gasteiger partial charge in [-0.2, -0.15) is 0 Å². The quantitative estimate of drug-likeness (QED) is 0.373. The lowest BCUT2D eigenvalue weighted by Crippen LogP contribution is -2.14. The van der Waals surface area contributed by atoms with Crippen molar-refractivity contribution in [2.45, 2.75) is 26.4 Å². The van der Waals surface area contributed by atoms with Crippen LogP contribution in [-0.4, -0.2) is 11.5 Å². The molecule has 46 valence electrons. The van der Waals surface area contributed by atoms with Crippen LogP contribution in [0.4, 0.5) is 0 Å². The average molecular weight is 113 g/mol. The molecule has 0 saturated carbocycles. The highest BCUT2D eigenvalue weighted by atomic mass is 16.6. The van der Waals surface area contributed by atoms with E-state index in [1.54, 1.807) is 0 Å². The van der Waals surface area contributed by atoms with Crippen molar-refractivity contribution in [2.24, 2.45) is 5.16 Å². The predicted molar refractivity (Wildman–Crippen MR) is 33.9 cm³/mol. The van der Waals surface area contributed by atoms with E-state index in [2.05, 4.69) is 17.6 Å². The number of rotatable bonds is 1. The van der Waals surface area contributed by atoms with Gasteiger partial charge in [-0.3, -0.25) is 0 Å². The second-order valence-corrected chi connectivity index (χ2v) is 2.45. The Labute approximate surface area is 49.8 Å². The minimum atomic E-state index is -0.218. The molecule has 0 aromatic heterocycles. The Bertz CT molecular complexity index is 106. The summed E-state index contributed by atoms with van der Waals surface area (Å²) >= 11 is 0. The van der Waals surface area contributed by atoms with E-state index in [-0.39, 0.29) is 5.60 Å². The van der Waals surface area contributed by atoms with Gasteiger partial charge in [-0.05, 0) is 32.5 Å². The van der Waals surface area contributed by atoms with E-state index in [0.29, 0.717) is 0 Å². The SMILES string of the molecule is C=C=NOC(C)(C)C. The summed E-state index contributed by atoms with van der Waals surface area (Å²) in [7, 11) is 0. The van der Waals surface area contributed by atoms with Gasteiger partial charge in [0.2, 0.25) is 0 Å². The van der Waals surface area contributed by atoms with Gasteiger partial charge < -0.3 is 4.84 Å². The molecule has 0 bridgehead atoms. The molecule has 0 fully saturated rings. The molecular weight excluding hydrogens is 102 g/mol. The standard InChI is InChI=1S/C6H11NO/c1-5-7-8-6(2,3)4/h1H2,2-4H3. The molecule has 0 aliphatic carbocycles. The van der Waals surface area contributed by atoms with E-state index in [1.807, 2.05) is 20.8 Å². The van der Waals surface area contributed by atoms with Crippen LogP contribution in [0.2, 0.25) is 0 Å². The van der Waals surface area contributed by atoms with E-state index in [4.69, 9.17) is 4.84 Å². The highest BCUT2D eigenvalue weighted by molar-refractivity contribution is 5.45. The van der Waals surface area contributed by atoms with E-state index in [9.17, 15) is 0 Å². The van der Waals surface area contributed by atoms with Crippen molar-refractivity contribution in [3.8, 4) is 0 Å². The fourth-order valence-corrected chi connectivity index (χ4v) is 0.169. The first kappa shape index (κ1) is 7.25. The summed E-state index contributed by atoms with van der Waals surface area (Å²) in [6.07, 6.45) is 0. The number of nitrogens with zero attached hydrogens (tertiary/aromatic N) is 1. The van der Waals surface area contributed by atoms with Gasteiger partial charge in [0, 0.05) is 5.87 Å². The van der Waals surface area contributed by atoms with Crippen LogP contribution >= 0.6 is 0 Å². The zero-order valence-electron chi connectivity index (χ0n) is 5.56. The Morgan fingerprint density at radius 1 is 1.50 bits per heavy atom. The van der Waals surface area contributed by atoms with E-state index in [0.717, 1.165) is 0 Å². The lowest BCUT2D eigenvalue weighted by Gasteiger charge is -2.13. The van der Waals surface area contributed by atoms with Crippen molar-refractivity contribution in [3.63, 3.8) is 0 Å².